The molecule has 0 amide bonds. The van der Waals surface area contributed by atoms with Crippen molar-refractivity contribution >= 4 is 26.3 Å². The fourth-order valence-electron chi connectivity index (χ4n) is 0.140. The number of rotatable bonds is 0. The van der Waals surface area contributed by atoms with Crippen LogP contribution in [0.25, 0.3) is 0 Å². The zero-order valence-electron chi connectivity index (χ0n) is 2.84. The second kappa shape index (κ2) is 1.27. The van der Waals surface area contributed by atoms with E-state index in [-0.39, 0.29) is 0 Å². The van der Waals surface area contributed by atoms with E-state index in [1.54, 1.807) is 0 Å². The van der Waals surface area contributed by atoms with Gasteiger partial charge in [0, 0.05) is 0 Å². The quantitative estimate of drug-likeness (QED) is 0.308. The minimum Gasteiger partial charge on any atom is -0.253 e. The standard InChI is InChI=1S/C2H2O2S2/c3-5-2-1-6(2)4/h1H2. The summed E-state index contributed by atoms with van der Waals surface area (Å²) in [5, 5.41) is 0. The maximum atomic E-state index is 9.97. The SMILES string of the molecule is O=S=C1CS1=O. The van der Waals surface area contributed by atoms with Crippen molar-refractivity contribution in [3.63, 3.8) is 0 Å². The Bertz CT molecular complexity index is 144. The van der Waals surface area contributed by atoms with Crippen LogP contribution in [0.5, 0.6) is 0 Å². The Morgan fingerprint density at radius 3 is 2.33 bits per heavy atom. The first-order valence-electron chi connectivity index (χ1n) is 1.38. The van der Waals surface area contributed by atoms with E-state index in [4.69, 9.17) is 0 Å². The van der Waals surface area contributed by atoms with Crippen molar-refractivity contribution in [3.05, 3.63) is 0 Å². The van der Waals surface area contributed by atoms with Gasteiger partial charge in [-0.25, -0.2) is 4.21 Å². The van der Waals surface area contributed by atoms with E-state index in [1.807, 2.05) is 0 Å². The molecule has 2 nitrogen and oxygen atoms in total. The van der Waals surface area contributed by atoms with Gasteiger partial charge in [-0.2, -0.15) is 0 Å². The smallest absolute Gasteiger partial charge is 0.122 e. The number of hydrogen-bond donors (Lipinski definition) is 0. The van der Waals surface area contributed by atoms with Crippen molar-refractivity contribution in [1.29, 1.82) is 0 Å². The molecule has 1 saturated heterocycles. The Balaban J connectivity index is 2.93. The van der Waals surface area contributed by atoms with Gasteiger partial charge in [0.05, 0.1) is 16.6 Å². The van der Waals surface area contributed by atoms with Gasteiger partial charge in [-0.05, 0) is 0 Å². The van der Waals surface area contributed by atoms with Crippen LogP contribution in [0.15, 0.2) is 0 Å². The van der Waals surface area contributed by atoms with E-state index in [0.717, 1.165) is 0 Å². The van der Waals surface area contributed by atoms with Crippen LogP contribution in [0.3, 0.4) is 0 Å². The Morgan fingerprint density at radius 1 is 1.83 bits per heavy atom. The Labute approximate surface area is 41.1 Å². The fourth-order valence-corrected chi connectivity index (χ4v) is 1.26. The van der Waals surface area contributed by atoms with E-state index in [9.17, 15) is 8.42 Å². The minimum atomic E-state index is -0.832. The molecule has 0 spiro atoms. The predicted octanol–water partition coefficient (Wildman–Crippen LogP) is -0.908. The maximum Gasteiger partial charge on any atom is 0.122 e. The van der Waals surface area contributed by atoms with E-state index in [1.165, 1.54) is 0 Å². The lowest BCUT2D eigenvalue weighted by atomic mass is 11.0. The van der Waals surface area contributed by atoms with Crippen LogP contribution in [0.4, 0.5) is 0 Å². The van der Waals surface area contributed by atoms with Crippen LogP contribution < -0.4 is 0 Å². The van der Waals surface area contributed by atoms with Crippen LogP contribution in [0.2, 0.25) is 0 Å². The topological polar surface area (TPSA) is 34.1 Å². The summed E-state index contributed by atoms with van der Waals surface area (Å²) in [5.74, 6) is 0.536. The van der Waals surface area contributed by atoms with Crippen LogP contribution in [-0.4, -0.2) is 18.4 Å². The largest absolute Gasteiger partial charge is 0.253 e. The molecule has 1 atom stereocenters. The molecule has 0 aromatic heterocycles. The first-order chi connectivity index (χ1) is 2.84. The van der Waals surface area contributed by atoms with E-state index >= 15 is 0 Å². The molecule has 1 rings (SSSR count). The first-order valence-corrected chi connectivity index (χ1v) is 3.44. The second-order valence-corrected chi connectivity index (χ2v) is 3.34. The molecule has 1 unspecified atom stereocenters. The molecule has 1 fully saturated rings. The number of hydrogen-bond acceptors (Lipinski definition) is 2. The summed E-state index contributed by atoms with van der Waals surface area (Å²) in [6, 6.07) is 0. The minimum absolute atomic E-state index is 0.365. The third-order valence-corrected chi connectivity index (χ3v) is 2.64. The molecular weight excluding hydrogens is 120 g/mol. The normalized spacial score (nSPS) is 30.0. The summed E-state index contributed by atoms with van der Waals surface area (Å²) in [6.45, 7) is 0. The van der Waals surface area contributed by atoms with Gasteiger partial charge in [-0.1, -0.05) is 0 Å². The second-order valence-electron chi connectivity index (χ2n) is 0.945. The highest BCUT2D eigenvalue weighted by molar-refractivity contribution is 8.21. The van der Waals surface area contributed by atoms with Gasteiger partial charge in [-0.3, -0.25) is 4.21 Å². The lowest BCUT2D eigenvalue weighted by molar-refractivity contribution is 0.696. The zero-order chi connectivity index (χ0) is 4.57. The van der Waals surface area contributed by atoms with Crippen LogP contribution in [0, 0.1) is 0 Å². The van der Waals surface area contributed by atoms with Crippen molar-refractivity contribution in [2.24, 2.45) is 0 Å². The van der Waals surface area contributed by atoms with Gasteiger partial charge >= 0.3 is 0 Å². The van der Waals surface area contributed by atoms with Crippen molar-refractivity contribution in [3.8, 4) is 0 Å². The fraction of sp³-hybridized carbons (Fsp3) is 0.500. The molecule has 4 heteroatoms. The van der Waals surface area contributed by atoms with Gasteiger partial charge in [0.1, 0.15) is 15.5 Å². The first kappa shape index (κ1) is 4.21. The Morgan fingerprint density at radius 2 is 2.33 bits per heavy atom. The molecular formula is C2H2O2S2. The van der Waals surface area contributed by atoms with Gasteiger partial charge in [-0.15, -0.1) is 0 Å². The Hall–Kier alpha value is 0.0400. The predicted molar refractivity (Wildman–Crippen MR) is 26.2 cm³/mol. The van der Waals surface area contributed by atoms with Crippen LogP contribution >= 0.6 is 0 Å². The molecule has 0 N–H and O–H groups in total. The van der Waals surface area contributed by atoms with Gasteiger partial charge in [0.15, 0.2) is 0 Å². The highest BCUT2D eigenvalue weighted by Crippen LogP contribution is 2.01. The summed E-state index contributed by atoms with van der Waals surface area (Å²) >= 11 is 0.365. The Kier molecular flexibility index (Phi) is 0.892. The average Bonchev–Trinajstić information content (AvgIpc) is 2.19. The molecule has 0 bridgehead atoms. The van der Waals surface area contributed by atoms with E-state index in [2.05, 4.69) is 0 Å². The highest BCUT2D eigenvalue weighted by Gasteiger charge is 2.25. The van der Waals surface area contributed by atoms with Crippen molar-refractivity contribution in [2.45, 2.75) is 0 Å². The zero-order valence-corrected chi connectivity index (χ0v) is 4.47. The summed E-state index contributed by atoms with van der Waals surface area (Å²) in [5.41, 5.74) is 0. The monoisotopic (exact) mass is 122 g/mol. The van der Waals surface area contributed by atoms with Crippen molar-refractivity contribution in [2.75, 3.05) is 5.75 Å². The maximum absolute atomic E-state index is 9.97. The van der Waals surface area contributed by atoms with Crippen molar-refractivity contribution < 1.29 is 8.42 Å². The van der Waals surface area contributed by atoms with E-state index in [0.29, 0.717) is 21.2 Å². The van der Waals surface area contributed by atoms with Gasteiger partial charge in [0.2, 0.25) is 0 Å². The summed E-state index contributed by atoms with van der Waals surface area (Å²) < 4.78 is 20.2. The van der Waals surface area contributed by atoms with Crippen LogP contribution in [0.1, 0.15) is 0 Å². The summed E-state index contributed by atoms with van der Waals surface area (Å²) in [7, 11) is -0.832. The molecule has 0 aromatic carbocycles. The molecule has 1 aliphatic rings. The molecule has 6 heavy (non-hydrogen) atoms. The van der Waals surface area contributed by atoms with Gasteiger partial charge in [0.25, 0.3) is 0 Å². The summed E-state index contributed by atoms with van der Waals surface area (Å²) in [6.07, 6.45) is 0. The molecule has 0 aromatic rings. The molecule has 0 saturated carbocycles. The average molecular weight is 122 g/mol. The summed E-state index contributed by atoms with van der Waals surface area (Å²) in [4.78, 5) is 0. The third-order valence-electron chi connectivity index (χ3n) is 0.507. The van der Waals surface area contributed by atoms with E-state index < -0.39 is 10.8 Å². The highest BCUT2D eigenvalue weighted by atomic mass is 32.2. The lowest BCUT2D eigenvalue weighted by Crippen LogP contribution is -1.59. The third kappa shape index (κ3) is 0.578. The molecule has 1 heterocycles. The van der Waals surface area contributed by atoms with Crippen LogP contribution in [-0.2, 0) is 22.1 Å². The van der Waals surface area contributed by atoms with Gasteiger partial charge < -0.3 is 0 Å². The molecule has 34 valence electrons. The van der Waals surface area contributed by atoms with Crippen molar-refractivity contribution in [1.82, 2.24) is 0 Å². The molecule has 1 aliphatic heterocycles. The molecule has 0 radical (unpaired) electrons. The molecule has 0 aliphatic carbocycles. The lowest BCUT2D eigenvalue weighted by Gasteiger charge is -1.37.